The average Bonchev–Trinajstić information content (AvgIpc) is 2.63. The third kappa shape index (κ3) is 5.39. The van der Waals surface area contributed by atoms with Gasteiger partial charge in [0.15, 0.2) is 5.96 Å². The molecule has 1 spiro atoms. The fourth-order valence-corrected chi connectivity index (χ4v) is 5.28. The molecule has 0 bridgehead atoms. The van der Waals surface area contributed by atoms with E-state index in [0.717, 1.165) is 31.2 Å². The standard InChI is InChI=1S/C18H28N4OS.HI/c1-19-17(21-13-15-6-9-20-16(12-15)23-2)22-10-11-24-18(14-22)7-4-3-5-8-18;/h6,9,12H,3-5,7-8,10-11,13-14H2,1-2H3,(H,19,21);1H. The molecule has 1 aromatic heterocycles. The van der Waals surface area contributed by atoms with Gasteiger partial charge in [0.25, 0.3) is 0 Å². The monoisotopic (exact) mass is 476 g/mol. The van der Waals surface area contributed by atoms with Gasteiger partial charge in [-0.3, -0.25) is 4.99 Å². The number of nitrogens with zero attached hydrogens (tertiary/aromatic N) is 3. The van der Waals surface area contributed by atoms with E-state index in [1.54, 1.807) is 13.3 Å². The molecule has 2 fully saturated rings. The molecule has 1 saturated heterocycles. The van der Waals surface area contributed by atoms with E-state index in [0.29, 0.717) is 10.6 Å². The second kappa shape index (κ2) is 9.85. The van der Waals surface area contributed by atoms with Gasteiger partial charge in [-0.25, -0.2) is 4.98 Å². The Balaban J connectivity index is 0.00000225. The second-order valence-corrected chi connectivity index (χ2v) is 8.18. The highest BCUT2D eigenvalue weighted by Gasteiger charge is 2.38. The number of hydrogen-bond acceptors (Lipinski definition) is 4. The molecule has 3 rings (SSSR count). The lowest BCUT2D eigenvalue weighted by Crippen LogP contribution is -2.53. The van der Waals surface area contributed by atoms with Gasteiger partial charge < -0.3 is 15.0 Å². The zero-order chi connectivity index (χ0) is 16.8. The van der Waals surface area contributed by atoms with Crippen molar-refractivity contribution in [2.75, 3.05) is 33.0 Å². The lowest BCUT2D eigenvalue weighted by Gasteiger charge is -2.45. The number of halogens is 1. The highest BCUT2D eigenvalue weighted by molar-refractivity contribution is 14.0. The summed E-state index contributed by atoms with van der Waals surface area (Å²) in [5.74, 6) is 2.86. The molecule has 5 nitrogen and oxygen atoms in total. The number of pyridine rings is 1. The van der Waals surface area contributed by atoms with E-state index in [4.69, 9.17) is 4.74 Å². The maximum Gasteiger partial charge on any atom is 0.213 e. The molecule has 1 aromatic rings. The number of methoxy groups -OCH3 is 1. The van der Waals surface area contributed by atoms with Gasteiger partial charge in [-0.1, -0.05) is 19.3 Å². The van der Waals surface area contributed by atoms with Crippen LogP contribution in [0.15, 0.2) is 23.3 Å². The summed E-state index contributed by atoms with van der Waals surface area (Å²) in [5.41, 5.74) is 1.15. The number of aliphatic imine (C=N–C) groups is 1. The zero-order valence-corrected chi connectivity index (χ0v) is 18.3. The van der Waals surface area contributed by atoms with Crippen molar-refractivity contribution < 1.29 is 4.74 Å². The van der Waals surface area contributed by atoms with Crippen molar-refractivity contribution in [3.05, 3.63) is 23.9 Å². The molecule has 2 aliphatic rings. The SMILES string of the molecule is CN=C(NCc1ccnc(OC)c1)N1CCSC2(CCCCC2)C1.I. The van der Waals surface area contributed by atoms with E-state index in [2.05, 4.69) is 32.0 Å². The summed E-state index contributed by atoms with van der Waals surface area (Å²) in [6, 6.07) is 3.98. The maximum absolute atomic E-state index is 5.20. The molecule has 140 valence electrons. The van der Waals surface area contributed by atoms with Gasteiger partial charge in [-0.05, 0) is 24.5 Å². The van der Waals surface area contributed by atoms with Crippen LogP contribution in [0.4, 0.5) is 0 Å². The fourth-order valence-electron chi connectivity index (χ4n) is 3.71. The molecule has 1 aliphatic heterocycles. The molecule has 1 aliphatic carbocycles. The summed E-state index contributed by atoms with van der Waals surface area (Å²) < 4.78 is 5.65. The Morgan fingerprint density at radius 3 is 2.92 bits per heavy atom. The van der Waals surface area contributed by atoms with Gasteiger partial charge in [0, 0.05) is 49.4 Å². The molecule has 0 aromatic carbocycles. The smallest absolute Gasteiger partial charge is 0.213 e. The molecule has 0 amide bonds. The van der Waals surface area contributed by atoms with E-state index in [9.17, 15) is 0 Å². The number of ether oxygens (including phenoxy) is 1. The van der Waals surface area contributed by atoms with E-state index in [-0.39, 0.29) is 24.0 Å². The largest absolute Gasteiger partial charge is 0.481 e. The first-order valence-corrected chi connectivity index (χ1v) is 9.82. The average molecular weight is 476 g/mol. The van der Waals surface area contributed by atoms with Crippen molar-refractivity contribution in [2.45, 2.75) is 43.4 Å². The number of nitrogens with one attached hydrogen (secondary N) is 1. The summed E-state index contributed by atoms with van der Waals surface area (Å²) in [4.78, 5) is 11.1. The quantitative estimate of drug-likeness (QED) is 0.411. The molecular formula is C18H29IN4OS. The minimum atomic E-state index is 0. The first-order chi connectivity index (χ1) is 11.7. The molecule has 0 unspecified atom stereocenters. The van der Waals surface area contributed by atoms with Crippen molar-refractivity contribution in [3.63, 3.8) is 0 Å². The third-order valence-corrected chi connectivity index (χ3v) is 6.52. The Hall–Kier alpha value is -0.700. The normalized spacial score (nSPS) is 20.1. The summed E-state index contributed by atoms with van der Waals surface area (Å²) >= 11 is 2.19. The minimum Gasteiger partial charge on any atom is -0.481 e. The Bertz CT molecular complexity index is 572. The number of aromatic nitrogens is 1. The van der Waals surface area contributed by atoms with Crippen molar-refractivity contribution in [2.24, 2.45) is 4.99 Å². The molecule has 7 heteroatoms. The van der Waals surface area contributed by atoms with E-state index >= 15 is 0 Å². The van der Waals surface area contributed by atoms with Crippen LogP contribution < -0.4 is 10.1 Å². The van der Waals surface area contributed by atoms with Crippen molar-refractivity contribution in [3.8, 4) is 5.88 Å². The van der Waals surface area contributed by atoms with E-state index in [1.807, 2.05) is 19.2 Å². The van der Waals surface area contributed by atoms with Gasteiger partial charge in [0.1, 0.15) is 0 Å². The Kier molecular flexibility index (Phi) is 8.12. The molecule has 0 atom stereocenters. The van der Waals surface area contributed by atoms with E-state index in [1.165, 1.54) is 37.9 Å². The lowest BCUT2D eigenvalue weighted by molar-refractivity contribution is 0.293. The van der Waals surface area contributed by atoms with Crippen LogP contribution in [0.5, 0.6) is 5.88 Å². The second-order valence-electron chi connectivity index (χ2n) is 6.62. The summed E-state index contributed by atoms with van der Waals surface area (Å²) in [6.07, 6.45) is 8.65. The summed E-state index contributed by atoms with van der Waals surface area (Å²) in [5, 5.41) is 3.51. The third-order valence-electron chi connectivity index (χ3n) is 4.98. The maximum atomic E-state index is 5.20. The zero-order valence-electron chi connectivity index (χ0n) is 15.2. The van der Waals surface area contributed by atoms with Crippen molar-refractivity contribution >= 4 is 41.7 Å². The molecule has 25 heavy (non-hydrogen) atoms. The molecule has 1 saturated carbocycles. The number of thioether (sulfide) groups is 1. The molecule has 1 N–H and O–H groups in total. The van der Waals surface area contributed by atoms with Crippen LogP contribution >= 0.6 is 35.7 Å². The van der Waals surface area contributed by atoms with E-state index < -0.39 is 0 Å². The Labute approximate surface area is 172 Å². The van der Waals surface area contributed by atoms with Crippen molar-refractivity contribution in [1.29, 1.82) is 0 Å². The Morgan fingerprint density at radius 1 is 1.40 bits per heavy atom. The van der Waals surface area contributed by atoms with Crippen molar-refractivity contribution in [1.82, 2.24) is 15.2 Å². The first-order valence-electron chi connectivity index (χ1n) is 8.83. The first kappa shape index (κ1) is 20.6. The van der Waals surface area contributed by atoms with Crippen LogP contribution in [0.3, 0.4) is 0 Å². The highest BCUT2D eigenvalue weighted by atomic mass is 127. The van der Waals surface area contributed by atoms with Gasteiger partial charge in [0.05, 0.1) is 7.11 Å². The topological polar surface area (TPSA) is 49.8 Å². The summed E-state index contributed by atoms with van der Waals surface area (Å²) in [7, 11) is 3.53. The number of rotatable bonds is 3. The predicted molar refractivity (Wildman–Crippen MR) is 116 cm³/mol. The lowest BCUT2D eigenvalue weighted by atomic mass is 9.87. The van der Waals surface area contributed by atoms with Crippen LogP contribution in [-0.2, 0) is 6.54 Å². The van der Waals surface area contributed by atoms with Gasteiger partial charge in [-0.15, -0.1) is 24.0 Å². The van der Waals surface area contributed by atoms with Crippen LogP contribution in [0.1, 0.15) is 37.7 Å². The Morgan fingerprint density at radius 2 is 2.20 bits per heavy atom. The minimum absolute atomic E-state index is 0. The fraction of sp³-hybridized carbons (Fsp3) is 0.667. The molecule has 2 heterocycles. The van der Waals surface area contributed by atoms with Gasteiger partial charge in [0.2, 0.25) is 5.88 Å². The highest BCUT2D eigenvalue weighted by Crippen LogP contribution is 2.42. The number of hydrogen-bond donors (Lipinski definition) is 1. The van der Waals surface area contributed by atoms with Crippen LogP contribution in [0.25, 0.3) is 0 Å². The molecular weight excluding hydrogens is 447 g/mol. The predicted octanol–water partition coefficient (Wildman–Crippen LogP) is 3.54. The number of guanidine groups is 1. The van der Waals surface area contributed by atoms with Crippen LogP contribution in [0, 0.1) is 0 Å². The summed E-state index contributed by atoms with van der Waals surface area (Å²) in [6.45, 7) is 2.94. The molecule has 0 radical (unpaired) electrons. The van der Waals surface area contributed by atoms with Crippen LogP contribution in [0.2, 0.25) is 0 Å². The van der Waals surface area contributed by atoms with Gasteiger partial charge >= 0.3 is 0 Å². The van der Waals surface area contributed by atoms with Gasteiger partial charge in [-0.2, -0.15) is 11.8 Å². The van der Waals surface area contributed by atoms with Crippen LogP contribution in [-0.4, -0.2) is 53.6 Å².